The summed E-state index contributed by atoms with van der Waals surface area (Å²) in [4.78, 5) is 21.7. The normalized spacial score (nSPS) is 14.2. The fourth-order valence-corrected chi connectivity index (χ4v) is 0.728. The van der Waals surface area contributed by atoms with Crippen LogP contribution in [0.3, 0.4) is 0 Å². The molecule has 1 unspecified atom stereocenters. The Morgan fingerprint density at radius 1 is 1.19 bits per heavy atom. The first-order chi connectivity index (χ1) is 6.93. The average Bonchev–Trinajstić information content (AvgIpc) is 1.98. The number of halogens is 3. The second-order valence-corrected chi connectivity index (χ2v) is 4.23. The van der Waals surface area contributed by atoms with Crippen molar-refractivity contribution in [1.82, 2.24) is 5.32 Å². The second-order valence-electron chi connectivity index (χ2n) is 4.23. The zero-order valence-electron chi connectivity index (χ0n) is 9.44. The molecule has 1 amide bonds. The number of esters is 1. The minimum absolute atomic E-state index is 0.811. The zero-order chi connectivity index (χ0) is 13.1. The van der Waals surface area contributed by atoms with Gasteiger partial charge in [-0.1, -0.05) is 0 Å². The van der Waals surface area contributed by atoms with Gasteiger partial charge >= 0.3 is 18.1 Å². The van der Waals surface area contributed by atoms with Crippen molar-refractivity contribution in [3.05, 3.63) is 0 Å². The molecule has 94 valence electrons. The van der Waals surface area contributed by atoms with Crippen molar-refractivity contribution in [1.29, 1.82) is 0 Å². The molecule has 1 N–H and O–H groups in total. The van der Waals surface area contributed by atoms with Crippen LogP contribution in [-0.2, 0) is 14.3 Å². The van der Waals surface area contributed by atoms with Crippen LogP contribution in [0.4, 0.5) is 13.2 Å². The number of ether oxygens (including phenoxy) is 1. The smallest absolute Gasteiger partial charge is 0.458 e. The van der Waals surface area contributed by atoms with Crippen LogP contribution in [0.2, 0.25) is 0 Å². The summed E-state index contributed by atoms with van der Waals surface area (Å²) >= 11 is 0. The summed E-state index contributed by atoms with van der Waals surface area (Å²) in [6.45, 7) is 5.84. The van der Waals surface area contributed by atoms with E-state index in [4.69, 9.17) is 4.74 Å². The van der Waals surface area contributed by atoms with Gasteiger partial charge in [-0.15, -0.1) is 0 Å². The lowest BCUT2D eigenvalue weighted by Gasteiger charge is -2.22. The quantitative estimate of drug-likeness (QED) is 0.743. The molecule has 0 heterocycles. The zero-order valence-corrected chi connectivity index (χ0v) is 9.44. The summed E-state index contributed by atoms with van der Waals surface area (Å²) in [6, 6.07) is -1.34. The third-order valence-corrected chi connectivity index (χ3v) is 1.37. The molecule has 0 aliphatic carbocycles. The molecule has 0 saturated heterocycles. The molecule has 0 saturated carbocycles. The lowest BCUT2D eigenvalue weighted by molar-refractivity contribution is -0.176. The van der Waals surface area contributed by atoms with Crippen molar-refractivity contribution in [3.8, 4) is 0 Å². The number of hydrogen-bond acceptors (Lipinski definition) is 3. The second kappa shape index (κ2) is 4.71. The van der Waals surface area contributed by atoms with E-state index in [1.165, 1.54) is 5.32 Å². The molecule has 0 radical (unpaired) electrons. The van der Waals surface area contributed by atoms with Crippen LogP contribution in [0.1, 0.15) is 27.7 Å². The van der Waals surface area contributed by atoms with E-state index < -0.39 is 29.7 Å². The molecule has 0 bridgehead atoms. The van der Waals surface area contributed by atoms with Crippen molar-refractivity contribution in [2.24, 2.45) is 0 Å². The maximum atomic E-state index is 11.8. The van der Waals surface area contributed by atoms with Gasteiger partial charge in [-0.25, -0.2) is 4.79 Å². The first-order valence-electron chi connectivity index (χ1n) is 4.54. The fraction of sp³-hybridized carbons (Fsp3) is 0.778. The molecular formula is C9H14F3NO3. The van der Waals surface area contributed by atoms with Crippen LogP contribution in [0.5, 0.6) is 0 Å². The molecule has 16 heavy (non-hydrogen) atoms. The van der Waals surface area contributed by atoms with E-state index >= 15 is 0 Å². The van der Waals surface area contributed by atoms with Crippen LogP contribution >= 0.6 is 0 Å². The summed E-state index contributed by atoms with van der Waals surface area (Å²) in [5, 5.41) is 1.50. The lowest BCUT2D eigenvalue weighted by atomic mass is 10.2. The number of carbonyl (C=O) groups excluding carboxylic acids is 2. The molecule has 0 spiro atoms. The molecule has 0 rings (SSSR count). The topological polar surface area (TPSA) is 55.4 Å². The Morgan fingerprint density at radius 3 is 1.94 bits per heavy atom. The van der Waals surface area contributed by atoms with E-state index in [0.29, 0.717) is 0 Å². The van der Waals surface area contributed by atoms with Gasteiger partial charge in [0.25, 0.3) is 0 Å². The van der Waals surface area contributed by atoms with Gasteiger partial charge in [-0.2, -0.15) is 13.2 Å². The van der Waals surface area contributed by atoms with Gasteiger partial charge < -0.3 is 10.1 Å². The maximum absolute atomic E-state index is 11.8. The number of alkyl halides is 3. The first kappa shape index (κ1) is 14.7. The standard InChI is InChI=1S/C9H14F3NO3/c1-5(6(14)16-8(2,3)4)13-7(15)9(10,11)12/h5H,1-4H3,(H,13,15). The van der Waals surface area contributed by atoms with Gasteiger partial charge in [0.2, 0.25) is 0 Å². The van der Waals surface area contributed by atoms with Crippen molar-refractivity contribution in [2.45, 2.75) is 45.5 Å². The Balaban J connectivity index is 4.33. The SMILES string of the molecule is CC(NC(=O)C(F)(F)F)C(=O)OC(C)(C)C. The minimum Gasteiger partial charge on any atom is -0.458 e. The largest absolute Gasteiger partial charge is 0.471 e. The highest BCUT2D eigenvalue weighted by Gasteiger charge is 2.40. The van der Waals surface area contributed by atoms with Crippen molar-refractivity contribution < 1.29 is 27.5 Å². The summed E-state index contributed by atoms with van der Waals surface area (Å²) in [7, 11) is 0. The molecule has 0 fully saturated rings. The monoisotopic (exact) mass is 241 g/mol. The predicted octanol–water partition coefficient (Wildman–Crippen LogP) is 1.40. The van der Waals surface area contributed by atoms with E-state index in [-0.39, 0.29) is 0 Å². The summed E-state index contributed by atoms with van der Waals surface area (Å²) in [6.07, 6.45) is -5.00. The summed E-state index contributed by atoms with van der Waals surface area (Å²) in [5.41, 5.74) is -0.811. The lowest BCUT2D eigenvalue weighted by Crippen LogP contribution is -2.47. The van der Waals surface area contributed by atoms with Gasteiger partial charge in [0.1, 0.15) is 11.6 Å². The Bertz CT molecular complexity index is 281. The van der Waals surface area contributed by atoms with E-state index in [1.807, 2.05) is 0 Å². The molecule has 7 heteroatoms. The highest BCUT2D eigenvalue weighted by Crippen LogP contribution is 2.15. The van der Waals surface area contributed by atoms with E-state index in [1.54, 1.807) is 20.8 Å². The molecule has 4 nitrogen and oxygen atoms in total. The Morgan fingerprint density at radius 2 is 1.62 bits per heavy atom. The van der Waals surface area contributed by atoms with E-state index in [9.17, 15) is 22.8 Å². The number of hydrogen-bond donors (Lipinski definition) is 1. The van der Waals surface area contributed by atoms with Gasteiger partial charge in [0.05, 0.1) is 0 Å². The van der Waals surface area contributed by atoms with Crippen molar-refractivity contribution in [2.75, 3.05) is 0 Å². The average molecular weight is 241 g/mol. The van der Waals surface area contributed by atoms with Crippen LogP contribution in [0.15, 0.2) is 0 Å². The van der Waals surface area contributed by atoms with Crippen LogP contribution < -0.4 is 5.32 Å². The number of amides is 1. The molecule has 0 aliphatic rings. The Hall–Kier alpha value is -1.27. The van der Waals surface area contributed by atoms with Crippen LogP contribution in [-0.4, -0.2) is 29.7 Å². The van der Waals surface area contributed by atoms with E-state index in [0.717, 1.165) is 6.92 Å². The third kappa shape index (κ3) is 5.57. The Kier molecular flexibility index (Phi) is 4.34. The summed E-state index contributed by atoms with van der Waals surface area (Å²) < 4.78 is 40.3. The Labute approximate surface area is 91.1 Å². The predicted molar refractivity (Wildman–Crippen MR) is 49.5 cm³/mol. The van der Waals surface area contributed by atoms with E-state index in [2.05, 4.69) is 0 Å². The van der Waals surface area contributed by atoms with Crippen LogP contribution in [0, 0.1) is 0 Å². The molecule has 0 aromatic heterocycles. The van der Waals surface area contributed by atoms with Gasteiger partial charge in [0.15, 0.2) is 0 Å². The molecule has 0 aliphatic heterocycles. The highest BCUT2D eigenvalue weighted by molar-refractivity contribution is 5.87. The van der Waals surface area contributed by atoms with Crippen LogP contribution in [0.25, 0.3) is 0 Å². The number of carbonyl (C=O) groups is 2. The summed E-state index contributed by atoms with van der Waals surface area (Å²) in [5.74, 6) is -3.07. The van der Waals surface area contributed by atoms with Gasteiger partial charge in [-0.3, -0.25) is 4.79 Å². The van der Waals surface area contributed by atoms with Gasteiger partial charge in [-0.05, 0) is 27.7 Å². The minimum atomic E-state index is -5.00. The molecular weight excluding hydrogens is 227 g/mol. The maximum Gasteiger partial charge on any atom is 0.471 e. The van der Waals surface area contributed by atoms with Gasteiger partial charge in [0, 0.05) is 0 Å². The molecule has 1 atom stereocenters. The van der Waals surface area contributed by atoms with Crippen molar-refractivity contribution in [3.63, 3.8) is 0 Å². The fourth-order valence-electron chi connectivity index (χ4n) is 0.728. The highest BCUT2D eigenvalue weighted by atomic mass is 19.4. The number of rotatable bonds is 2. The first-order valence-corrected chi connectivity index (χ1v) is 4.54. The van der Waals surface area contributed by atoms with Crippen molar-refractivity contribution >= 4 is 11.9 Å². The number of nitrogens with one attached hydrogen (secondary N) is 1. The molecule has 0 aromatic rings. The third-order valence-electron chi connectivity index (χ3n) is 1.37. The molecule has 0 aromatic carbocycles.